The molecule has 3 rings (SSSR count). The van der Waals surface area contributed by atoms with E-state index in [0.717, 1.165) is 30.7 Å². The average molecular weight is 396 g/mol. The lowest BCUT2D eigenvalue weighted by atomic mass is 9.90. The monoisotopic (exact) mass is 396 g/mol. The van der Waals surface area contributed by atoms with Crippen molar-refractivity contribution in [2.24, 2.45) is 5.41 Å². The number of amides is 3. The lowest BCUT2D eigenvalue weighted by Gasteiger charge is -2.42. The number of hydrogen-bond donors (Lipinski definition) is 2. The number of aliphatic hydroxyl groups excluding tert-OH is 1. The molecular weight excluding hydrogens is 364 g/mol. The Morgan fingerprint density at radius 3 is 2.43 bits per heavy atom. The van der Waals surface area contributed by atoms with Gasteiger partial charge in [0.25, 0.3) is 0 Å². The fraction of sp³-hybridized carbons (Fsp3) is 0.842. The zero-order valence-corrected chi connectivity index (χ0v) is 17.0. The first-order valence-electron chi connectivity index (χ1n) is 10.1. The van der Waals surface area contributed by atoms with E-state index in [4.69, 9.17) is 0 Å². The highest BCUT2D eigenvalue weighted by Gasteiger charge is 2.51. The summed E-state index contributed by atoms with van der Waals surface area (Å²) in [5.74, 6) is -0.481. The number of likely N-dealkylation sites (tertiary alicyclic amines) is 1. The molecule has 0 aromatic carbocycles. The van der Waals surface area contributed by atoms with Crippen molar-refractivity contribution in [1.82, 2.24) is 19.6 Å². The average Bonchev–Trinajstić information content (AvgIpc) is 3.42. The van der Waals surface area contributed by atoms with Gasteiger partial charge in [0.2, 0.25) is 11.8 Å². The summed E-state index contributed by atoms with van der Waals surface area (Å²) in [5, 5.41) is 19.6. The Bertz CT molecular complexity index is 636. The molecule has 3 fully saturated rings. The molecule has 3 aliphatic rings. The lowest BCUT2D eigenvalue weighted by Crippen LogP contribution is -2.62. The highest BCUT2D eigenvalue weighted by atomic mass is 16.4. The predicted octanol–water partition coefficient (Wildman–Crippen LogP) is -0.109. The van der Waals surface area contributed by atoms with Crippen molar-refractivity contribution in [2.45, 2.75) is 50.8 Å². The lowest BCUT2D eigenvalue weighted by molar-refractivity contribution is -0.151. The van der Waals surface area contributed by atoms with Crippen molar-refractivity contribution in [2.75, 3.05) is 46.8 Å². The van der Waals surface area contributed by atoms with Crippen LogP contribution in [-0.4, -0.2) is 113 Å². The summed E-state index contributed by atoms with van der Waals surface area (Å²) in [6.07, 6.45) is 2.22. The van der Waals surface area contributed by atoms with Gasteiger partial charge in [-0.05, 0) is 44.6 Å². The molecule has 28 heavy (non-hydrogen) atoms. The molecule has 1 aliphatic carbocycles. The number of rotatable bonds is 5. The number of carboxylic acid groups (broad SMARTS) is 1. The van der Waals surface area contributed by atoms with Crippen molar-refractivity contribution in [3.63, 3.8) is 0 Å². The smallest absolute Gasteiger partial charge is 0.408 e. The van der Waals surface area contributed by atoms with E-state index in [1.165, 1.54) is 9.80 Å². The molecule has 0 radical (unpaired) electrons. The molecule has 9 nitrogen and oxygen atoms in total. The molecule has 0 aromatic rings. The van der Waals surface area contributed by atoms with Gasteiger partial charge in [0.05, 0.1) is 6.10 Å². The van der Waals surface area contributed by atoms with Crippen molar-refractivity contribution in [3.8, 4) is 0 Å². The molecule has 0 aromatic heterocycles. The van der Waals surface area contributed by atoms with E-state index < -0.39 is 18.2 Å². The van der Waals surface area contributed by atoms with Crippen molar-refractivity contribution < 1.29 is 24.6 Å². The van der Waals surface area contributed by atoms with Crippen LogP contribution in [0.15, 0.2) is 0 Å². The summed E-state index contributed by atoms with van der Waals surface area (Å²) in [5.41, 5.74) is 0.133. The predicted molar refractivity (Wildman–Crippen MR) is 102 cm³/mol. The second-order valence-corrected chi connectivity index (χ2v) is 8.65. The minimum absolute atomic E-state index is 0.133. The van der Waals surface area contributed by atoms with Crippen LogP contribution in [0.1, 0.15) is 32.6 Å². The van der Waals surface area contributed by atoms with Crippen molar-refractivity contribution in [1.29, 1.82) is 0 Å². The summed E-state index contributed by atoms with van der Waals surface area (Å²) in [4.78, 5) is 43.2. The number of carbonyl (C=O) groups is 3. The zero-order valence-electron chi connectivity index (χ0n) is 17.0. The summed E-state index contributed by atoms with van der Waals surface area (Å²) in [6.45, 7) is 4.11. The van der Waals surface area contributed by atoms with E-state index in [9.17, 15) is 24.6 Å². The zero-order chi connectivity index (χ0) is 20.6. The van der Waals surface area contributed by atoms with Crippen LogP contribution in [0.4, 0.5) is 4.79 Å². The first-order valence-corrected chi connectivity index (χ1v) is 10.1. The maximum Gasteiger partial charge on any atom is 0.408 e. The molecule has 2 N–H and O–H groups in total. The van der Waals surface area contributed by atoms with Crippen molar-refractivity contribution in [3.05, 3.63) is 0 Å². The van der Waals surface area contributed by atoms with Crippen LogP contribution < -0.4 is 0 Å². The molecule has 9 heteroatoms. The van der Waals surface area contributed by atoms with Crippen LogP contribution in [-0.2, 0) is 9.59 Å². The Hall–Kier alpha value is -1.87. The van der Waals surface area contributed by atoms with E-state index in [1.807, 2.05) is 0 Å². The Labute approximate surface area is 165 Å². The highest BCUT2D eigenvalue weighted by Crippen LogP contribution is 2.53. The largest absolute Gasteiger partial charge is 0.465 e. The first-order chi connectivity index (χ1) is 13.2. The number of piperazine rings is 1. The highest BCUT2D eigenvalue weighted by molar-refractivity contribution is 5.91. The van der Waals surface area contributed by atoms with Crippen LogP contribution >= 0.6 is 0 Å². The van der Waals surface area contributed by atoms with Gasteiger partial charge in [-0.3, -0.25) is 14.5 Å². The van der Waals surface area contributed by atoms with Gasteiger partial charge in [0.1, 0.15) is 12.1 Å². The number of carbonyl (C=O) groups excluding carboxylic acids is 2. The number of likely N-dealkylation sites (N-methyl/N-ethyl adjacent to an activating group) is 1. The fourth-order valence-corrected chi connectivity index (χ4v) is 4.50. The molecule has 2 heterocycles. The number of aliphatic hydroxyl groups is 1. The maximum atomic E-state index is 12.8. The molecular formula is C19H32N4O5. The Morgan fingerprint density at radius 1 is 1.21 bits per heavy atom. The molecule has 2 aliphatic heterocycles. The summed E-state index contributed by atoms with van der Waals surface area (Å²) in [6, 6.07) is -1.41. The quantitative estimate of drug-likeness (QED) is 0.672. The molecule has 1 saturated carbocycles. The normalized spacial score (nSPS) is 28.4. The minimum atomic E-state index is -1.12. The summed E-state index contributed by atoms with van der Waals surface area (Å²) < 4.78 is 0. The molecule has 1 spiro atoms. The van der Waals surface area contributed by atoms with E-state index >= 15 is 0 Å². The summed E-state index contributed by atoms with van der Waals surface area (Å²) >= 11 is 0. The van der Waals surface area contributed by atoms with E-state index in [2.05, 4.69) is 4.90 Å². The first kappa shape index (κ1) is 20.9. The topological polar surface area (TPSA) is 105 Å². The van der Waals surface area contributed by atoms with Gasteiger partial charge in [-0.1, -0.05) is 0 Å². The van der Waals surface area contributed by atoms with Crippen LogP contribution in [0.5, 0.6) is 0 Å². The Kier molecular flexibility index (Phi) is 5.86. The number of piperidine rings is 1. The minimum Gasteiger partial charge on any atom is -0.465 e. The molecule has 3 atom stereocenters. The maximum absolute atomic E-state index is 12.8. The third kappa shape index (κ3) is 3.96. The van der Waals surface area contributed by atoms with Crippen molar-refractivity contribution >= 4 is 17.9 Å². The second kappa shape index (κ2) is 7.87. The van der Waals surface area contributed by atoms with E-state index in [0.29, 0.717) is 19.5 Å². The Balaban J connectivity index is 1.65. The van der Waals surface area contributed by atoms with E-state index in [-0.39, 0.29) is 36.4 Å². The number of nitrogens with zero attached hydrogens (tertiary/aromatic N) is 4. The number of β-amino-alcohol motifs (C(OH)–C–C–N with tert-alkyl or cyclic N) is 1. The summed E-state index contributed by atoms with van der Waals surface area (Å²) in [7, 11) is 3.33. The molecule has 2 saturated heterocycles. The van der Waals surface area contributed by atoms with E-state index in [1.54, 1.807) is 21.0 Å². The molecule has 0 bridgehead atoms. The standard InChI is InChI=1S/C19H32N4O5/c1-13-16(25)23(11-10-22(13)18(27)28)14(17(26)20(2)3)4-8-21-9-7-19(5-6-19)15(24)12-21/h13-15,24H,4-12H2,1-3H3,(H,27,28)/t13-,14-,15+/m0/s1. The van der Waals surface area contributed by atoms with Gasteiger partial charge in [0.15, 0.2) is 0 Å². The van der Waals surface area contributed by atoms with Gasteiger partial charge < -0.3 is 24.9 Å². The molecule has 0 unspecified atom stereocenters. The van der Waals surface area contributed by atoms with Gasteiger partial charge in [-0.15, -0.1) is 0 Å². The van der Waals surface area contributed by atoms with Gasteiger partial charge in [-0.25, -0.2) is 4.79 Å². The van der Waals surface area contributed by atoms with Crippen LogP contribution in [0.25, 0.3) is 0 Å². The fourth-order valence-electron chi connectivity index (χ4n) is 4.50. The van der Waals surface area contributed by atoms with Gasteiger partial charge in [-0.2, -0.15) is 0 Å². The Morgan fingerprint density at radius 2 is 1.89 bits per heavy atom. The van der Waals surface area contributed by atoms with Crippen LogP contribution in [0, 0.1) is 5.41 Å². The van der Waals surface area contributed by atoms with Gasteiger partial charge >= 0.3 is 6.09 Å². The number of hydrogen-bond acceptors (Lipinski definition) is 5. The third-order valence-corrected chi connectivity index (χ3v) is 6.71. The van der Waals surface area contributed by atoms with Crippen LogP contribution in [0.2, 0.25) is 0 Å². The SMILES string of the molecule is C[C@H]1C(=O)N([C@@H](CCN2CCC3(CC3)[C@H](O)C2)C(=O)N(C)C)CCN1C(=O)O. The van der Waals surface area contributed by atoms with Gasteiger partial charge in [0, 0.05) is 40.3 Å². The molecule has 158 valence electrons. The second-order valence-electron chi connectivity index (χ2n) is 8.65. The van der Waals surface area contributed by atoms with Crippen LogP contribution in [0.3, 0.4) is 0 Å². The third-order valence-electron chi connectivity index (χ3n) is 6.71. The molecule has 3 amide bonds.